The number of carbonyl (C=O) groups is 1. The number of carboxylic acid groups (broad SMARTS) is 1. The molecule has 2 rings (SSSR count). The third kappa shape index (κ3) is 2.72. The number of benzene rings is 1. The molecule has 1 aromatic carbocycles. The van der Waals surface area contributed by atoms with E-state index in [1.165, 1.54) is 0 Å². The molecule has 1 aromatic heterocycles. The number of hydrogen-bond donors (Lipinski definition) is 1. The number of nitrogens with zero attached hydrogens (tertiary/aromatic N) is 1. The van der Waals surface area contributed by atoms with E-state index in [1.54, 1.807) is 6.20 Å². The molecule has 0 spiro atoms. The molecule has 1 heterocycles. The number of aliphatic carboxylic acids is 1. The molecule has 0 fully saturated rings. The summed E-state index contributed by atoms with van der Waals surface area (Å²) in [5.41, 5.74) is 3.02. The van der Waals surface area contributed by atoms with Crippen molar-refractivity contribution in [1.82, 2.24) is 5.16 Å². The molecule has 4 heteroatoms. The van der Waals surface area contributed by atoms with Crippen LogP contribution in [0, 0.1) is 6.92 Å². The molecule has 0 amide bonds. The molecule has 0 saturated heterocycles. The monoisotopic (exact) mass is 231 g/mol. The molecule has 17 heavy (non-hydrogen) atoms. The van der Waals surface area contributed by atoms with Crippen LogP contribution in [0.5, 0.6) is 0 Å². The van der Waals surface area contributed by atoms with Crippen LogP contribution in [0.25, 0.3) is 11.1 Å². The van der Waals surface area contributed by atoms with Crippen LogP contribution in [0.3, 0.4) is 0 Å². The highest BCUT2D eigenvalue weighted by Gasteiger charge is 2.11. The Morgan fingerprint density at radius 3 is 3.00 bits per heavy atom. The minimum Gasteiger partial charge on any atom is -0.481 e. The molecule has 88 valence electrons. The summed E-state index contributed by atoms with van der Waals surface area (Å²) in [7, 11) is 0. The van der Waals surface area contributed by atoms with E-state index in [9.17, 15) is 4.79 Å². The minimum absolute atomic E-state index is 0.0496. The largest absolute Gasteiger partial charge is 0.481 e. The van der Waals surface area contributed by atoms with Gasteiger partial charge in [-0.05, 0) is 12.5 Å². The number of aromatic nitrogens is 1. The summed E-state index contributed by atoms with van der Waals surface area (Å²) >= 11 is 0. The lowest BCUT2D eigenvalue weighted by Crippen LogP contribution is -1.97. The van der Waals surface area contributed by atoms with Gasteiger partial charge in [0.15, 0.2) is 0 Å². The number of aryl methyl sites for hydroxylation is 2. The van der Waals surface area contributed by atoms with Crippen molar-refractivity contribution >= 4 is 5.97 Å². The average Bonchev–Trinajstić information content (AvgIpc) is 2.74. The van der Waals surface area contributed by atoms with Crippen LogP contribution in [0.15, 0.2) is 35.0 Å². The third-order valence-corrected chi connectivity index (χ3v) is 2.54. The number of rotatable bonds is 4. The first kappa shape index (κ1) is 11.4. The van der Waals surface area contributed by atoms with Crippen molar-refractivity contribution in [2.24, 2.45) is 0 Å². The quantitative estimate of drug-likeness (QED) is 0.878. The van der Waals surface area contributed by atoms with Crippen molar-refractivity contribution in [2.75, 3.05) is 0 Å². The zero-order valence-electron chi connectivity index (χ0n) is 9.51. The molecule has 0 atom stereocenters. The van der Waals surface area contributed by atoms with Gasteiger partial charge in [-0.1, -0.05) is 35.0 Å². The van der Waals surface area contributed by atoms with Crippen LogP contribution in [-0.4, -0.2) is 16.2 Å². The molecule has 0 saturated carbocycles. The molecule has 1 N–H and O–H groups in total. The van der Waals surface area contributed by atoms with Crippen molar-refractivity contribution in [1.29, 1.82) is 0 Å². The molecule has 0 aliphatic carbocycles. The topological polar surface area (TPSA) is 63.3 Å². The second-order valence-corrected chi connectivity index (χ2v) is 3.93. The van der Waals surface area contributed by atoms with Crippen LogP contribution in [-0.2, 0) is 11.2 Å². The van der Waals surface area contributed by atoms with Gasteiger partial charge in [-0.3, -0.25) is 4.79 Å². The number of hydrogen-bond acceptors (Lipinski definition) is 3. The lowest BCUT2D eigenvalue weighted by Gasteiger charge is -2.01. The summed E-state index contributed by atoms with van der Waals surface area (Å²) in [5, 5.41) is 12.4. The van der Waals surface area contributed by atoms with Gasteiger partial charge in [-0.15, -0.1) is 0 Å². The fourth-order valence-corrected chi connectivity index (χ4v) is 1.71. The Morgan fingerprint density at radius 2 is 2.29 bits per heavy atom. The summed E-state index contributed by atoms with van der Waals surface area (Å²) in [4.78, 5) is 10.5. The van der Waals surface area contributed by atoms with Crippen molar-refractivity contribution in [3.05, 3.63) is 41.8 Å². The van der Waals surface area contributed by atoms with E-state index in [0.29, 0.717) is 12.2 Å². The van der Waals surface area contributed by atoms with Crippen LogP contribution >= 0.6 is 0 Å². The summed E-state index contributed by atoms with van der Waals surface area (Å²) in [6, 6.07) is 7.95. The lowest BCUT2D eigenvalue weighted by molar-refractivity contribution is -0.137. The third-order valence-electron chi connectivity index (χ3n) is 2.54. The Morgan fingerprint density at radius 1 is 1.47 bits per heavy atom. The number of carboxylic acids is 1. The molecule has 4 nitrogen and oxygen atoms in total. The summed E-state index contributed by atoms with van der Waals surface area (Å²) < 4.78 is 5.10. The Hall–Kier alpha value is -2.10. The van der Waals surface area contributed by atoms with Crippen LogP contribution < -0.4 is 0 Å². The van der Waals surface area contributed by atoms with E-state index in [2.05, 4.69) is 5.16 Å². The Kier molecular flexibility index (Phi) is 3.23. The maximum Gasteiger partial charge on any atom is 0.303 e. The Bertz CT molecular complexity index is 531. The molecular formula is C13H13NO3. The normalized spacial score (nSPS) is 10.4. The molecule has 0 unspecified atom stereocenters. The Balaban J connectivity index is 2.27. The predicted molar refractivity (Wildman–Crippen MR) is 62.6 cm³/mol. The highest BCUT2D eigenvalue weighted by Crippen LogP contribution is 2.25. The van der Waals surface area contributed by atoms with Gasteiger partial charge in [-0.25, -0.2) is 0 Å². The van der Waals surface area contributed by atoms with Crippen molar-refractivity contribution in [3.8, 4) is 11.1 Å². The summed E-state index contributed by atoms with van der Waals surface area (Å²) in [5.74, 6) is -0.213. The zero-order chi connectivity index (χ0) is 12.3. The van der Waals surface area contributed by atoms with Gasteiger partial charge >= 0.3 is 5.97 Å². The predicted octanol–water partition coefficient (Wildman–Crippen LogP) is 2.67. The van der Waals surface area contributed by atoms with E-state index < -0.39 is 5.97 Å². The van der Waals surface area contributed by atoms with E-state index in [-0.39, 0.29) is 6.42 Å². The standard InChI is InChI=1S/C13H13NO3/c1-9-3-2-4-10(7-9)11-8-14-17-12(11)5-6-13(15)16/h2-4,7-8H,5-6H2,1H3,(H,15,16). The maximum atomic E-state index is 10.5. The molecule has 0 bridgehead atoms. The molecule has 0 aliphatic heterocycles. The summed E-state index contributed by atoms with van der Waals surface area (Å²) in [6.45, 7) is 2.01. The van der Waals surface area contributed by atoms with E-state index in [0.717, 1.165) is 16.7 Å². The second kappa shape index (κ2) is 4.82. The average molecular weight is 231 g/mol. The smallest absolute Gasteiger partial charge is 0.303 e. The van der Waals surface area contributed by atoms with Gasteiger partial charge in [0.1, 0.15) is 5.76 Å². The molecule has 2 aromatic rings. The van der Waals surface area contributed by atoms with Crippen LogP contribution in [0.1, 0.15) is 17.7 Å². The molecule has 0 aliphatic rings. The molecular weight excluding hydrogens is 218 g/mol. The lowest BCUT2D eigenvalue weighted by atomic mass is 10.0. The van der Waals surface area contributed by atoms with Gasteiger partial charge in [0.25, 0.3) is 0 Å². The van der Waals surface area contributed by atoms with Crippen LogP contribution in [0.2, 0.25) is 0 Å². The van der Waals surface area contributed by atoms with Crippen molar-refractivity contribution in [2.45, 2.75) is 19.8 Å². The van der Waals surface area contributed by atoms with Crippen LogP contribution in [0.4, 0.5) is 0 Å². The van der Waals surface area contributed by atoms with Gasteiger partial charge in [0, 0.05) is 12.0 Å². The van der Waals surface area contributed by atoms with E-state index in [4.69, 9.17) is 9.63 Å². The maximum absolute atomic E-state index is 10.5. The van der Waals surface area contributed by atoms with E-state index >= 15 is 0 Å². The fourth-order valence-electron chi connectivity index (χ4n) is 1.71. The second-order valence-electron chi connectivity index (χ2n) is 3.93. The summed E-state index contributed by atoms with van der Waals surface area (Å²) in [6.07, 6.45) is 2.04. The highest BCUT2D eigenvalue weighted by molar-refractivity contribution is 5.69. The fraction of sp³-hybridized carbons (Fsp3) is 0.231. The van der Waals surface area contributed by atoms with Crippen molar-refractivity contribution in [3.63, 3.8) is 0 Å². The SMILES string of the molecule is Cc1cccc(-c2cnoc2CCC(=O)O)c1. The highest BCUT2D eigenvalue weighted by atomic mass is 16.5. The van der Waals surface area contributed by atoms with Gasteiger partial charge in [0.05, 0.1) is 12.6 Å². The van der Waals surface area contributed by atoms with Gasteiger partial charge < -0.3 is 9.63 Å². The van der Waals surface area contributed by atoms with Gasteiger partial charge in [0.2, 0.25) is 0 Å². The Labute approximate surface area is 98.9 Å². The van der Waals surface area contributed by atoms with Gasteiger partial charge in [-0.2, -0.15) is 0 Å². The molecule has 0 radical (unpaired) electrons. The van der Waals surface area contributed by atoms with Crippen molar-refractivity contribution < 1.29 is 14.4 Å². The first-order chi connectivity index (χ1) is 8.16. The first-order valence-corrected chi connectivity index (χ1v) is 5.39. The van der Waals surface area contributed by atoms with E-state index in [1.807, 2.05) is 31.2 Å². The zero-order valence-corrected chi connectivity index (χ0v) is 9.51. The first-order valence-electron chi connectivity index (χ1n) is 5.39. The minimum atomic E-state index is -0.836.